The number of hydrogen-bond donors (Lipinski definition) is 2. The first-order valence-electron chi connectivity index (χ1n) is 3.23. The minimum absolute atomic E-state index is 0.473. The van der Waals surface area contributed by atoms with Gasteiger partial charge in [0.1, 0.15) is 0 Å². The van der Waals surface area contributed by atoms with E-state index in [1.54, 1.807) is 0 Å². The summed E-state index contributed by atoms with van der Waals surface area (Å²) in [5, 5.41) is 0.473. The van der Waals surface area contributed by atoms with Gasteiger partial charge >= 0.3 is 17.6 Å². The van der Waals surface area contributed by atoms with Crippen molar-refractivity contribution in [2.75, 3.05) is 0 Å². The van der Waals surface area contributed by atoms with Gasteiger partial charge in [-0.15, -0.1) is 0 Å². The van der Waals surface area contributed by atoms with E-state index >= 15 is 0 Å². The predicted molar refractivity (Wildman–Crippen MR) is 37.1 cm³/mol. The molecule has 5 nitrogen and oxygen atoms in total. The molecule has 0 saturated heterocycles. The van der Waals surface area contributed by atoms with Crippen LogP contribution in [0, 0.1) is 0 Å². The largest absolute Gasteiger partial charge is 0.500 e. The first-order valence-corrected chi connectivity index (χ1v) is 4.78. The molecule has 0 aliphatic carbocycles. The van der Waals surface area contributed by atoms with Crippen molar-refractivity contribution in [2.24, 2.45) is 5.73 Å². The molecule has 0 saturated carbocycles. The van der Waals surface area contributed by atoms with E-state index in [0.717, 1.165) is 0 Å². The normalized spacial score (nSPS) is 15.7. The minimum Gasteiger partial charge on any atom is -0.320 e. The van der Waals surface area contributed by atoms with E-state index in [-0.39, 0.29) is 0 Å². The van der Waals surface area contributed by atoms with Crippen molar-refractivity contribution < 1.29 is 39.6 Å². The second-order valence-electron chi connectivity index (χ2n) is 2.38. The van der Waals surface area contributed by atoms with Gasteiger partial charge in [0.05, 0.1) is 0 Å². The number of amides is 1. The third-order valence-electron chi connectivity index (χ3n) is 1.19. The minimum atomic E-state index is -6.09. The maximum absolute atomic E-state index is 11.7. The van der Waals surface area contributed by atoms with E-state index in [4.69, 9.17) is 0 Å². The summed E-state index contributed by atoms with van der Waals surface area (Å²) >= 11 is 0. The molecular weight excluding hydrogens is 270 g/mol. The maximum atomic E-state index is 11.7. The molecule has 0 bridgehead atoms. The van der Waals surface area contributed by atoms with Crippen molar-refractivity contribution >= 4 is 15.7 Å². The van der Waals surface area contributed by atoms with Gasteiger partial charge in [-0.25, -0.2) is 8.42 Å². The van der Waals surface area contributed by atoms with E-state index in [1.165, 1.54) is 0 Å². The summed E-state index contributed by atoms with van der Waals surface area (Å²) in [7, 11) is -6.09. The Balaban J connectivity index is 4.88. The number of rotatable bonds is 2. The van der Waals surface area contributed by atoms with Crippen LogP contribution in [0.15, 0.2) is 0 Å². The molecule has 0 fully saturated rings. The zero-order chi connectivity index (χ0) is 13.4. The van der Waals surface area contributed by atoms with Crippen LogP contribution in [0.1, 0.15) is 0 Å². The average Bonchev–Trinajstić information content (AvgIpc) is 1.99. The average molecular weight is 274 g/mol. The number of carbonyl (C=O) groups excluding carboxylic acids is 1. The molecule has 0 aliphatic rings. The van der Waals surface area contributed by atoms with Crippen molar-refractivity contribution in [3.8, 4) is 0 Å². The fraction of sp³-hybridized carbons (Fsp3) is 0.750. The molecule has 3 N–H and O–H groups in total. The number of carbonyl (C=O) groups is 1. The Morgan fingerprint density at radius 3 is 1.75 bits per heavy atom. The number of nitrogens with two attached hydrogens (primary N) is 1. The van der Waals surface area contributed by atoms with Crippen molar-refractivity contribution in [3.63, 3.8) is 0 Å². The highest BCUT2D eigenvalue weighted by Crippen LogP contribution is 2.25. The summed E-state index contributed by atoms with van der Waals surface area (Å²) in [6, 6.07) is 0. The van der Waals surface area contributed by atoms with E-state index in [2.05, 4.69) is 5.73 Å². The highest BCUT2D eigenvalue weighted by atomic mass is 32.2. The van der Waals surface area contributed by atoms with Crippen molar-refractivity contribution in [1.82, 2.24) is 5.32 Å². The molecule has 0 aromatic carbocycles. The molecule has 0 spiro atoms. The Morgan fingerprint density at radius 2 is 1.50 bits per heavy atom. The lowest BCUT2D eigenvalue weighted by atomic mass is 10.6. The third kappa shape index (κ3) is 3.23. The van der Waals surface area contributed by atoms with E-state index in [9.17, 15) is 39.6 Å². The molecular formula is C4H4F6N2O3S. The Kier molecular flexibility index (Phi) is 3.82. The smallest absolute Gasteiger partial charge is 0.320 e. The van der Waals surface area contributed by atoms with Crippen LogP contribution < -0.4 is 11.1 Å². The van der Waals surface area contributed by atoms with Gasteiger partial charge in [-0.3, -0.25) is 10.5 Å². The topological polar surface area (TPSA) is 89.3 Å². The molecule has 0 aliphatic heterocycles. The van der Waals surface area contributed by atoms with Crippen molar-refractivity contribution in [2.45, 2.75) is 17.2 Å². The van der Waals surface area contributed by atoms with Crippen LogP contribution in [0.25, 0.3) is 0 Å². The number of hydrogen-bond acceptors (Lipinski definition) is 4. The Morgan fingerprint density at radius 1 is 1.12 bits per heavy atom. The second-order valence-corrected chi connectivity index (χ2v) is 4.44. The number of halogens is 6. The zero-order valence-corrected chi connectivity index (χ0v) is 7.87. The lowest BCUT2D eigenvalue weighted by Gasteiger charge is -2.17. The molecule has 0 rings (SSSR count). The Labute approximate surface area is 84.5 Å². The van der Waals surface area contributed by atoms with Gasteiger partial charge in [-0.2, -0.15) is 26.3 Å². The van der Waals surface area contributed by atoms with Crippen LogP contribution in [-0.2, 0) is 14.6 Å². The van der Waals surface area contributed by atoms with Crippen LogP contribution in [-0.4, -0.2) is 31.5 Å². The van der Waals surface area contributed by atoms with Gasteiger partial charge in [0, 0.05) is 0 Å². The highest BCUT2D eigenvalue weighted by molar-refractivity contribution is 7.92. The van der Waals surface area contributed by atoms with Gasteiger partial charge in [0.25, 0.3) is 9.84 Å². The lowest BCUT2D eigenvalue weighted by molar-refractivity contribution is -0.173. The van der Waals surface area contributed by atoms with Crippen LogP contribution >= 0.6 is 0 Å². The second kappa shape index (κ2) is 4.08. The SMILES string of the molecule is NC(NC(=O)C(F)(F)F)S(=O)(=O)C(F)(F)F. The molecule has 96 valence electrons. The molecule has 1 atom stereocenters. The first kappa shape index (κ1) is 15.0. The fourth-order valence-corrected chi connectivity index (χ4v) is 0.983. The number of sulfone groups is 1. The monoisotopic (exact) mass is 274 g/mol. The van der Waals surface area contributed by atoms with Crippen molar-refractivity contribution in [1.29, 1.82) is 0 Å². The molecule has 0 radical (unpaired) electrons. The summed E-state index contributed by atoms with van der Waals surface area (Å²) in [5.41, 5.74) is -4.77. The van der Waals surface area contributed by atoms with Crippen LogP contribution in [0.4, 0.5) is 26.3 Å². The third-order valence-corrected chi connectivity index (χ3v) is 2.62. The van der Waals surface area contributed by atoms with Crippen LogP contribution in [0.3, 0.4) is 0 Å². The summed E-state index contributed by atoms with van der Waals surface area (Å²) in [5.74, 6) is -2.88. The molecule has 1 amide bonds. The fourth-order valence-electron chi connectivity index (χ4n) is 0.433. The Hall–Kier alpha value is -1.04. The van der Waals surface area contributed by atoms with Gasteiger partial charge in [-0.1, -0.05) is 0 Å². The van der Waals surface area contributed by atoms with Gasteiger partial charge in [-0.05, 0) is 0 Å². The number of alkyl halides is 6. The van der Waals surface area contributed by atoms with E-state index in [0.29, 0.717) is 5.32 Å². The molecule has 16 heavy (non-hydrogen) atoms. The summed E-state index contributed by atoms with van der Waals surface area (Å²) in [4.78, 5) is 10.1. The van der Waals surface area contributed by atoms with Gasteiger partial charge in [0.2, 0.25) is 0 Å². The van der Waals surface area contributed by atoms with Crippen LogP contribution in [0.5, 0.6) is 0 Å². The van der Waals surface area contributed by atoms with E-state index in [1.807, 2.05) is 0 Å². The zero-order valence-electron chi connectivity index (χ0n) is 7.06. The molecule has 0 heterocycles. The van der Waals surface area contributed by atoms with E-state index < -0.39 is 32.9 Å². The number of nitrogens with one attached hydrogen (secondary N) is 1. The molecule has 12 heteroatoms. The lowest BCUT2D eigenvalue weighted by Crippen LogP contribution is -2.54. The summed E-state index contributed by atoms with van der Waals surface area (Å²) in [6.45, 7) is 0. The summed E-state index contributed by atoms with van der Waals surface area (Å²) in [6.07, 6.45) is -5.53. The standard InChI is InChI=1S/C4H4F6N2O3S/c5-3(6,7)1(13)12-2(11)16(14,15)4(8,9)10/h2H,11H2,(H,12,13). The highest BCUT2D eigenvalue weighted by Gasteiger charge is 2.52. The first-order chi connectivity index (χ1) is 6.80. The molecule has 0 aromatic heterocycles. The Bertz CT molecular complexity index is 370. The maximum Gasteiger partial charge on any atom is 0.500 e. The predicted octanol–water partition coefficient (Wildman–Crippen LogP) is -0.158. The van der Waals surface area contributed by atoms with Crippen molar-refractivity contribution in [3.05, 3.63) is 0 Å². The molecule has 1 unspecified atom stereocenters. The van der Waals surface area contributed by atoms with Gasteiger partial charge < -0.3 is 5.32 Å². The van der Waals surface area contributed by atoms with Gasteiger partial charge in [0.15, 0.2) is 5.50 Å². The quantitative estimate of drug-likeness (QED) is 0.541. The van der Waals surface area contributed by atoms with Crippen LogP contribution in [0.2, 0.25) is 0 Å². The summed E-state index contributed by atoms with van der Waals surface area (Å²) < 4.78 is 90.6. The molecule has 0 aromatic rings.